The normalized spacial score (nSPS) is 11.3. The summed E-state index contributed by atoms with van der Waals surface area (Å²) in [6.45, 7) is 7.86. The molecule has 0 unspecified atom stereocenters. The minimum absolute atomic E-state index is 0.230. The highest BCUT2D eigenvalue weighted by atomic mass is 16.5. The van der Waals surface area contributed by atoms with Crippen LogP contribution in [0.4, 0.5) is 0 Å². The Balaban J connectivity index is 2.42. The molecule has 0 aliphatic rings. The number of hydrogen-bond donors (Lipinski definition) is 0. The van der Waals surface area contributed by atoms with Crippen LogP contribution in [0.1, 0.15) is 30.5 Å². The van der Waals surface area contributed by atoms with E-state index in [1.807, 2.05) is 38.4 Å². The molecule has 0 atom stereocenters. The molecular formula is C18H21NO2. The van der Waals surface area contributed by atoms with E-state index in [0.29, 0.717) is 0 Å². The average Bonchev–Trinajstić information content (AvgIpc) is 2.46. The Morgan fingerprint density at radius 3 is 2.05 bits per heavy atom. The van der Waals surface area contributed by atoms with Crippen molar-refractivity contribution in [3.05, 3.63) is 53.3 Å². The maximum absolute atomic E-state index is 11.9. The van der Waals surface area contributed by atoms with Crippen LogP contribution < -0.4 is 0 Å². The molecule has 2 rings (SSSR count). The third-order valence-electron chi connectivity index (χ3n) is 3.92. The molecule has 0 radical (unpaired) electrons. The SMILES string of the molecule is COC(=O)C(C)(C)c1ccc(-c2c(C)cncc2C)cc1. The van der Waals surface area contributed by atoms with Gasteiger partial charge in [0.25, 0.3) is 0 Å². The highest BCUT2D eigenvalue weighted by Gasteiger charge is 2.30. The number of ether oxygens (including phenoxy) is 1. The van der Waals surface area contributed by atoms with Crippen LogP contribution in [0.2, 0.25) is 0 Å². The van der Waals surface area contributed by atoms with Crippen molar-refractivity contribution in [3.63, 3.8) is 0 Å². The van der Waals surface area contributed by atoms with E-state index in [2.05, 4.69) is 31.0 Å². The van der Waals surface area contributed by atoms with Crippen LogP contribution >= 0.6 is 0 Å². The molecule has 0 amide bonds. The largest absolute Gasteiger partial charge is 0.468 e. The number of esters is 1. The van der Waals surface area contributed by atoms with Crippen LogP contribution in [-0.2, 0) is 14.9 Å². The van der Waals surface area contributed by atoms with E-state index in [1.165, 1.54) is 12.7 Å². The van der Waals surface area contributed by atoms with Crippen molar-refractivity contribution >= 4 is 5.97 Å². The summed E-state index contributed by atoms with van der Waals surface area (Å²) in [5.74, 6) is -0.230. The molecule has 0 fully saturated rings. The monoisotopic (exact) mass is 283 g/mol. The first-order valence-corrected chi connectivity index (χ1v) is 6.98. The first kappa shape index (κ1) is 15.2. The van der Waals surface area contributed by atoms with Gasteiger partial charge in [-0.1, -0.05) is 24.3 Å². The minimum Gasteiger partial charge on any atom is -0.468 e. The lowest BCUT2D eigenvalue weighted by atomic mass is 9.83. The number of carbonyl (C=O) groups is 1. The Labute approximate surface area is 126 Å². The van der Waals surface area contributed by atoms with E-state index >= 15 is 0 Å². The second-order valence-electron chi connectivity index (χ2n) is 5.84. The van der Waals surface area contributed by atoms with Gasteiger partial charge in [0.15, 0.2) is 0 Å². The molecule has 0 aliphatic carbocycles. The van der Waals surface area contributed by atoms with Crippen molar-refractivity contribution in [2.75, 3.05) is 7.11 Å². The maximum Gasteiger partial charge on any atom is 0.315 e. The number of methoxy groups -OCH3 is 1. The Morgan fingerprint density at radius 2 is 1.57 bits per heavy atom. The Kier molecular flexibility index (Phi) is 4.12. The fourth-order valence-electron chi connectivity index (χ4n) is 2.58. The number of hydrogen-bond acceptors (Lipinski definition) is 3. The highest BCUT2D eigenvalue weighted by Crippen LogP contribution is 2.30. The van der Waals surface area contributed by atoms with Gasteiger partial charge in [-0.25, -0.2) is 0 Å². The quantitative estimate of drug-likeness (QED) is 0.804. The standard InChI is InChI=1S/C18H21NO2/c1-12-10-19-11-13(2)16(12)14-6-8-15(9-7-14)18(3,4)17(20)21-5/h6-11H,1-5H3. The van der Waals surface area contributed by atoms with Gasteiger partial charge in [0.05, 0.1) is 12.5 Å². The number of rotatable bonds is 3. The molecule has 0 aliphatic heterocycles. The average molecular weight is 283 g/mol. The lowest BCUT2D eigenvalue weighted by molar-refractivity contribution is -0.146. The van der Waals surface area contributed by atoms with Gasteiger partial charge in [-0.3, -0.25) is 9.78 Å². The predicted molar refractivity (Wildman–Crippen MR) is 84.2 cm³/mol. The summed E-state index contributed by atoms with van der Waals surface area (Å²) in [4.78, 5) is 16.1. The van der Waals surface area contributed by atoms with Gasteiger partial charge in [-0.05, 0) is 55.5 Å². The van der Waals surface area contributed by atoms with Crippen LogP contribution in [0.25, 0.3) is 11.1 Å². The smallest absolute Gasteiger partial charge is 0.315 e. The Bertz CT molecular complexity index is 637. The molecule has 21 heavy (non-hydrogen) atoms. The van der Waals surface area contributed by atoms with Gasteiger partial charge in [0.2, 0.25) is 0 Å². The van der Waals surface area contributed by atoms with Gasteiger partial charge in [0, 0.05) is 12.4 Å². The Hall–Kier alpha value is -2.16. The summed E-state index contributed by atoms with van der Waals surface area (Å²) in [5, 5.41) is 0. The molecule has 0 bridgehead atoms. The molecule has 0 N–H and O–H groups in total. The first-order valence-electron chi connectivity index (χ1n) is 6.98. The van der Waals surface area contributed by atoms with Crippen LogP contribution in [0.3, 0.4) is 0 Å². The van der Waals surface area contributed by atoms with Gasteiger partial charge < -0.3 is 4.74 Å². The minimum atomic E-state index is -0.643. The lowest BCUT2D eigenvalue weighted by Crippen LogP contribution is -2.30. The van der Waals surface area contributed by atoms with Gasteiger partial charge in [-0.15, -0.1) is 0 Å². The molecule has 1 aromatic heterocycles. The molecule has 3 heteroatoms. The van der Waals surface area contributed by atoms with Gasteiger partial charge >= 0.3 is 5.97 Å². The molecule has 2 aromatic rings. The summed E-state index contributed by atoms with van der Waals surface area (Å²) >= 11 is 0. The summed E-state index contributed by atoms with van der Waals surface area (Å²) in [6.07, 6.45) is 3.74. The van der Waals surface area contributed by atoms with Crippen molar-refractivity contribution in [1.29, 1.82) is 0 Å². The second-order valence-corrected chi connectivity index (χ2v) is 5.84. The molecule has 1 heterocycles. The van der Waals surface area contributed by atoms with Crippen LogP contribution in [-0.4, -0.2) is 18.1 Å². The van der Waals surface area contributed by atoms with Crippen molar-refractivity contribution in [2.45, 2.75) is 33.1 Å². The van der Waals surface area contributed by atoms with E-state index < -0.39 is 5.41 Å². The summed E-state index contributed by atoms with van der Waals surface area (Å²) in [7, 11) is 1.42. The summed E-state index contributed by atoms with van der Waals surface area (Å²) in [6, 6.07) is 8.09. The first-order chi connectivity index (χ1) is 9.87. The zero-order chi connectivity index (χ0) is 15.6. The van der Waals surface area contributed by atoms with E-state index in [4.69, 9.17) is 4.74 Å². The number of benzene rings is 1. The predicted octanol–water partition coefficient (Wildman–Crippen LogP) is 3.82. The molecule has 1 aromatic carbocycles. The van der Waals surface area contributed by atoms with Crippen molar-refractivity contribution < 1.29 is 9.53 Å². The maximum atomic E-state index is 11.9. The number of aromatic nitrogens is 1. The number of nitrogens with zero attached hydrogens (tertiary/aromatic N) is 1. The third kappa shape index (κ3) is 2.82. The highest BCUT2D eigenvalue weighted by molar-refractivity contribution is 5.82. The second kappa shape index (κ2) is 5.68. The lowest BCUT2D eigenvalue weighted by Gasteiger charge is -2.22. The van der Waals surface area contributed by atoms with E-state index in [9.17, 15) is 4.79 Å². The Morgan fingerprint density at radius 1 is 1.05 bits per heavy atom. The zero-order valence-corrected chi connectivity index (χ0v) is 13.2. The zero-order valence-electron chi connectivity index (χ0n) is 13.2. The molecule has 0 saturated heterocycles. The topological polar surface area (TPSA) is 39.2 Å². The van der Waals surface area contributed by atoms with Gasteiger partial charge in [-0.2, -0.15) is 0 Å². The summed E-state index contributed by atoms with van der Waals surface area (Å²) in [5.41, 5.74) is 4.94. The van der Waals surface area contributed by atoms with Crippen LogP contribution in [0.15, 0.2) is 36.7 Å². The molecule has 0 saturated carbocycles. The van der Waals surface area contributed by atoms with E-state index in [-0.39, 0.29) is 5.97 Å². The van der Waals surface area contributed by atoms with E-state index in [1.54, 1.807) is 0 Å². The number of carbonyl (C=O) groups excluding carboxylic acids is 1. The molecular weight excluding hydrogens is 262 g/mol. The number of pyridine rings is 1. The number of aryl methyl sites for hydroxylation is 2. The molecule has 3 nitrogen and oxygen atoms in total. The molecule has 0 spiro atoms. The van der Waals surface area contributed by atoms with Crippen molar-refractivity contribution in [2.24, 2.45) is 0 Å². The fourth-order valence-corrected chi connectivity index (χ4v) is 2.58. The van der Waals surface area contributed by atoms with Crippen LogP contribution in [0.5, 0.6) is 0 Å². The third-order valence-corrected chi connectivity index (χ3v) is 3.92. The summed E-state index contributed by atoms with van der Waals surface area (Å²) < 4.78 is 4.88. The van der Waals surface area contributed by atoms with Crippen LogP contribution in [0, 0.1) is 13.8 Å². The fraction of sp³-hybridized carbons (Fsp3) is 0.333. The van der Waals surface area contributed by atoms with Crippen molar-refractivity contribution in [1.82, 2.24) is 4.98 Å². The van der Waals surface area contributed by atoms with E-state index in [0.717, 1.165) is 22.3 Å². The molecule has 110 valence electrons. The van der Waals surface area contributed by atoms with Gasteiger partial charge in [0.1, 0.15) is 0 Å². The van der Waals surface area contributed by atoms with Crippen molar-refractivity contribution in [3.8, 4) is 11.1 Å².